The number of hydrogen-bond acceptors (Lipinski definition) is 4. The van der Waals surface area contributed by atoms with Crippen LogP contribution in [0.2, 0.25) is 0 Å². The fourth-order valence-corrected chi connectivity index (χ4v) is 2.32. The highest BCUT2D eigenvalue weighted by Crippen LogP contribution is 2.37. The Bertz CT molecular complexity index is 509. The summed E-state index contributed by atoms with van der Waals surface area (Å²) in [5, 5.41) is 0. The van der Waals surface area contributed by atoms with Gasteiger partial charge in [0.05, 0.1) is 11.2 Å². The Kier molecular flexibility index (Phi) is 4.38. The number of methoxy groups -OCH3 is 1. The minimum atomic E-state index is -0.342. The van der Waals surface area contributed by atoms with Gasteiger partial charge in [0.1, 0.15) is 5.75 Å². The fourth-order valence-electron chi connectivity index (χ4n) is 2.32. The maximum atomic E-state index is 6.12. The predicted octanol–water partition coefficient (Wildman–Crippen LogP) is 2.59. The molecule has 0 aliphatic carbocycles. The highest BCUT2D eigenvalue weighted by Gasteiger charge is 2.52. The maximum absolute atomic E-state index is 6.12. The molecule has 0 aromatic heterocycles. The van der Waals surface area contributed by atoms with Crippen LogP contribution in [0, 0.1) is 13.8 Å². The van der Waals surface area contributed by atoms with E-state index in [4.69, 9.17) is 18.8 Å². The molecule has 4 nitrogen and oxygen atoms in total. The van der Waals surface area contributed by atoms with Crippen molar-refractivity contribution in [3.8, 4) is 5.75 Å². The lowest BCUT2D eigenvalue weighted by Gasteiger charge is -2.32. The van der Waals surface area contributed by atoms with Gasteiger partial charge < -0.3 is 18.8 Å². The fraction of sp³-hybridized carbons (Fsp3) is 0.625. The summed E-state index contributed by atoms with van der Waals surface area (Å²) in [5.74, 6) is 0.828. The third-order valence-electron chi connectivity index (χ3n) is 4.62. The summed E-state index contributed by atoms with van der Waals surface area (Å²) >= 11 is 0. The molecule has 0 atom stereocenters. The van der Waals surface area contributed by atoms with Crippen LogP contribution in [0.3, 0.4) is 0 Å². The number of ether oxygens (including phenoxy) is 2. The summed E-state index contributed by atoms with van der Waals surface area (Å²) in [6, 6.07) is 3.96. The molecule has 1 saturated heterocycles. The number of hydrogen-bond donors (Lipinski definition) is 0. The van der Waals surface area contributed by atoms with E-state index in [1.807, 2.05) is 19.1 Å². The molecule has 5 heteroatoms. The summed E-state index contributed by atoms with van der Waals surface area (Å²) in [6.45, 7) is 12.6. The molecule has 1 aliphatic rings. The van der Waals surface area contributed by atoms with Crippen LogP contribution in [0.15, 0.2) is 12.1 Å². The van der Waals surface area contributed by atoms with Crippen LogP contribution in [0.4, 0.5) is 0 Å². The standard InChI is InChI=1S/C16H25BO4/c1-11-12(2)14(19-10-18-7)9-8-13(11)17-20-15(3,4)16(5,6)21-17/h8-9H,10H2,1-7H3. The van der Waals surface area contributed by atoms with Crippen molar-refractivity contribution in [3.05, 3.63) is 23.3 Å². The monoisotopic (exact) mass is 292 g/mol. The summed E-state index contributed by atoms with van der Waals surface area (Å²) in [5.41, 5.74) is 2.60. The zero-order valence-electron chi connectivity index (χ0n) is 14.1. The zero-order valence-corrected chi connectivity index (χ0v) is 14.1. The van der Waals surface area contributed by atoms with Gasteiger partial charge in [-0.15, -0.1) is 0 Å². The van der Waals surface area contributed by atoms with Crippen LogP contribution in [-0.2, 0) is 14.0 Å². The first-order chi connectivity index (χ1) is 9.69. The van der Waals surface area contributed by atoms with E-state index in [1.54, 1.807) is 7.11 Å². The lowest BCUT2D eigenvalue weighted by molar-refractivity contribution is 0.00578. The molecule has 116 valence electrons. The Labute approximate surface area is 127 Å². The molecular formula is C16H25BO4. The molecule has 0 N–H and O–H groups in total. The van der Waals surface area contributed by atoms with Crippen molar-refractivity contribution in [2.24, 2.45) is 0 Å². The van der Waals surface area contributed by atoms with Crippen molar-refractivity contribution in [2.45, 2.75) is 52.7 Å². The molecule has 1 aliphatic heterocycles. The second kappa shape index (κ2) is 5.63. The first-order valence-corrected chi connectivity index (χ1v) is 7.27. The van der Waals surface area contributed by atoms with Crippen LogP contribution < -0.4 is 10.2 Å². The molecule has 0 radical (unpaired) electrons. The summed E-state index contributed by atoms with van der Waals surface area (Å²) < 4.78 is 22.8. The van der Waals surface area contributed by atoms with Crippen molar-refractivity contribution in [1.29, 1.82) is 0 Å². The maximum Gasteiger partial charge on any atom is 0.495 e. The minimum absolute atomic E-state index is 0.246. The molecule has 0 saturated carbocycles. The molecule has 21 heavy (non-hydrogen) atoms. The van der Waals surface area contributed by atoms with E-state index in [9.17, 15) is 0 Å². The zero-order chi connectivity index (χ0) is 15.8. The normalized spacial score (nSPS) is 19.9. The van der Waals surface area contributed by atoms with Crippen molar-refractivity contribution in [2.75, 3.05) is 13.9 Å². The molecular weight excluding hydrogens is 267 g/mol. The SMILES string of the molecule is COCOc1ccc(B2OC(C)(C)C(C)(C)O2)c(C)c1C. The van der Waals surface area contributed by atoms with E-state index in [1.165, 1.54) is 0 Å². The third-order valence-corrected chi connectivity index (χ3v) is 4.62. The Hall–Kier alpha value is -1.04. The molecule has 0 spiro atoms. The van der Waals surface area contributed by atoms with Crippen molar-refractivity contribution in [3.63, 3.8) is 0 Å². The van der Waals surface area contributed by atoms with Gasteiger partial charge in [0.25, 0.3) is 0 Å². The van der Waals surface area contributed by atoms with Crippen molar-refractivity contribution in [1.82, 2.24) is 0 Å². The first kappa shape index (κ1) is 16.3. The lowest BCUT2D eigenvalue weighted by Crippen LogP contribution is -2.41. The quantitative estimate of drug-likeness (QED) is 0.631. The van der Waals surface area contributed by atoms with E-state index < -0.39 is 0 Å². The van der Waals surface area contributed by atoms with Gasteiger partial charge in [0.15, 0.2) is 6.79 Å². The Morgan fingerprint density at radius 1 is 1.00 bits per heavy atom. The molecule has 1 aromatic carbocycles. The van der Waals surface area contributed by atoms with E-state index >= 15 is 0 Å². The van der Waals surface area contributed by atoms with Crippen molar-refractivity contribution < 1.29 is 18.8 Å². The summed E-state index contributed by atoms with van der Waals surface area (Å²) in [4.78, 5) is 0. The Morgan fingerprint density at radius 3 is 2.10 bits per heavy atom. The second-order valence-electron chi connectivity index (χ2n) is 6.54. The molecule has 0 amide bonds. The Morgan fingerprint density at radius 2 is 1.57 bits per heavy atom. The average molecular weight is 292 g/mol. The highest BCUT2D eigenvalue weighted by molar-refractivity contribution is 6.62. The number of benzene rings is 1. The topological polar surface area (TPSA) is 36.9 Å². The van der Waals surface area contributed by atoms with Crippen LogP contribution in [-0.4, -0.2) is 32.2 Å². The smallest absolute Gasteiger partial charge is 0.467 e. The largest absolute Gasteiger partial charge is 0.495 e. The minimum Gasteiger partial charge on any atom is -0.467 e. The van der Waals surface area contributed by atoms with E-state index in [0.717, 1.165) is 22.3 Å². The molecule has 0 unspecified atom stereocenters. The first-order valence-electron chi connectivity index (χ1n) is 7.27. The third kappa shape index (κ3) is 2.96. The summed E-state index contributed by atoms with van der Waals surface area (Å²) in [6.07, 6.45) is 0. The van der Waals surface area contributed by atoms with Gasteiger partial charge in [0.2, 0.25) is 0 Å². The second-order valence-corrected chi connectivity index (χ2v) is 6.54. The van der Waals surface area contributed by atoms with Gasteiger partial charge in [-0.2, -0.15) is 0 Å². The number of rotatable bonds is 4. The molecule has 0 bridgehead atoms. The van der Waals surface area contributed by atoms with Crippen LogP contribution in [0.5, 0.6) is 5.75 Å². The van der Waals surface area contributed by atoms with Gasteiger partial charge >= 0.3 is 7.12 Å². The van der Waals surface area contributed by atoms with Gasteiger partial charge in [0, 0.05) is 7.11 Å². The predicted molar refractivity (Wildman–Crippen MR) is 84.1 cm³/mol. The molecule has 2 rings (SSSR count). The van der Waals surface area contributed by atoms with Crippen LogP contribution in [0.1, 0.15) is 38.8 Å². The molecule has 1 heterocycles. The van der Waals surface area contributed by atoms with Gasteiger partial charge in [-0.3, -0.25) is 0 Å². The van der Waals surface area contributed by atoms with Gasteiger partial charge in [-0.25, -0.2) is 0 Å². The van der Waals surface area contributed by atoms with Gasteiger partial charge in [-0.1, -0.05) is 6.07 Å². The molecule has 1 fully saturated rings. The summed E-state index contributed by atoms with van der Waals surface area (Å²) in [7, 11) is 1.27. The average Bonchev–Trinajstić information content (AvgIpc) is 2.60. The lowest BCUT2D eigenvalue weighted by atomic mass is 9.75. The van der Waals surface area contributed by atoms with E-state index in [2.05, 4.69) is 34.6 Å². The Balaban J connectivity index is 2.29. The van der Waals surface area contributed by atoms with Crippen molar-refractivity contribution >= 4 is 12.6 Å². The van der Waals surface area contributed by atoms with Crippen LogP contribution >= 0.6 is 0 Å². The molecule has 1 aromatic rings. The van der Waals surface area contributed by atoms with E-state index in [-0.39, 0.29) is 25.1 Å². The van der Waals surface area contributed by atoms with Crippen LogP contribution in [0.25, 0.3) is 0 Å². The van der Waals surface area contributed by atoms with Gasteiger partial charge in [-0.05, 0) is 64.2 Å². The van der Waals surface area contributed by atoms with E-state index in [0.29, 0.717) is 0 Å². The highest BCUT2D eigenvalue weighted by atomic mass is 16.7.